The fourth-order valence-corrected chi connectivity index (χ4v) is 1.68. The molecule has 0 spiro atoms. The Morgan fingerprint density at radius 2 is 2.19 bits per heavy atom. The molecule has 0 radical (unpaired) electrons. The summed E-state index contributed by atoms with van der Waals surface area (Å²) < 4.78 is 18.0. The third kappa shape index (κ3) is 2.31. The van der Waals surface area contributed by atoms with Crippen LogP contribution in [0.4, 0.5) is 4.39 Å². The average Bonchev–Trinajstić information content (AvgIpc) is 2.75. The molecule has 2 nitrogen and oxygen atoms in total. The largest absolute Gasteiger partial charge is 0.467 e. The molecular weight excluding hydrogens is 207 g/mol. The van der Waals surface area contributed by atoms with Crippen molar-refractivity contribution in [3.63, 3.8) is 0 Å². The Kier molecular flexibility index (Phi) is 3.06. The summed E-state index contributed by atoms with van der Waals surface area (Å²) in [5.41, 5.74) is 1.76. The average molecular weight is 220 g/mol. The topological polar surface area (TPSA) is 33.4 Å². The minimum absolute atomic E-state index is 0.256. The predicted octanol–water partition coefficient (Wildman–Crippen LogP) is 3.00. The number of benzene rings is 1. The van der Waals surface area contributed by atoms with E-state index in [0.29, 0.717) is 12.2 Å². The van der Waals surface area contributed by atoms with Gasteiger partial charge in [-0.3, -0.25) is 0 Å². The van der Waals surface area contributed by atoms with Gasteiger partial charge in [-0.15, -0.1) is 0 Å². The summed E-state index contributed by atoms with van der Waals surface area (Å²) in [6.45, 7) is 1.83. The first-order valence-electron chi connectivity index (χ1n) is 5.13. The molecule has 0 amide bonds. The first-order valence-corrected chi connectivity index (χ1v) is 5.13. The third-order valence-electron chi connectivity index (χ3n) is 2.59. The van der Waals surface area contributed by atoms with E-state index in [1.54, 1.807) is 18.2 Å². The van der Waals surface area contributed by atoms with E-state index in [1.807, 2.05) is 6.92 Å². The first-order chi connectivity index (χ1) is 7.66. The molecule has 1 heterocycles. The summed E-state index contributed by atoms with van der Waals surface area (Å²) in [6.07, 6.45) is 1.27. The lowest BCUT2D eigenvalue weighted by Gasteiger charge is -2.10. The highest BCUT2D eigenvalue weighted by atomic mass is 19.1. The van der Waals surface area contributed by atoms with Crippen molar-refractivity contribution in [3.05, 3.63) is 59.3 Å². The SMILES string of the molecule is Cc1cc(F)ccc1CC(O)c1ccco1. The molecule has 0 saturated carbocycles. The van der Waals surface area contributed by atoms with Crippen molar-refractivity contribution in [2.24, 2.45) is 0 Å². The van der Waals surface area contributed by atoms with Gasteiger partial charge in [-0.1, -0.05) is 6.07 Å². The van der Waals surface area contributed by atoms with Gasteiger partial charge in [0.25, 0.3) is 0 Å². The van der Waals surface area contributed by atoms with Crippen molar-refractivity contribution >= 4 is 0 Å². The molecule has 2 aromatic rings. The number of aryl methyl sites for hydroxylation is 1. The Balaban J connectivity index is 2.15. The number of furan rings is 1. The van der Waals surface area contributed by atoms with Crippen LogP contribution in [0.3, 0.4) is 0 Å². The van der Waals surface area contributed by atoms with Crippen molar-refractivity contribution in [1.82, 2.24) is 0 Å². The van der Waals surface area contributed by atoms with Crippen LogP contribution >= 0.6 is 0 Å². The van der Waals surface area contributed by atoms with Crippen molar-refractivity contribution in [3.8, 4) is 0 Å². The lowest BCUT2D eigenvalue weighted by Crippen LogP contribution is -2.02. The zero-order chi connectivity index (χ0) is 11.5. The quantitative estimate of drug-likeness (QED) is 0.862. The number of aliphatic hydroxyl groups excluding tert-OH is 1. The molecule has 1 aromatic carbocycles. The Morgan fingerprint density at radius 3 is 2.81 bits per heavy atom. The van der Waals surface area contributed by atoms with Gasteiger partial charge in [0.05, 0.1) is 6.26 Å². The summed E-state index contributed by atoms with van der Waals surface area (Å²) in [5.74, 6) is 0.275. The van der Waals surface area contributed by atoms with E-state index in [2.05, 4.69) is 0 Å². The summed E-state index contributed by atoms with van der Waals surface area (Å²) in [6, 6.07) is 8.01. The van der Waals surface area contributed by atoms with E-state index in [9.17, 15) is 9.50 Å². The highest BCUT2D eigenvalue weighted by molar-refractivity contribution is 5.27. The van der Waals surface area contributed by atoms with Crippen LogP contribution < -0.4 is 0 Å². The second-order valence-corrected chi connectivity index (χ2v) is 3.81. The standard InChI is InChI=1S/C13H13FO2/c1-9-7-11(14)5-4-10(9)8-12(15)13-3-2-6-16-13/h2-7,12,15H,8H2,1H3. The van der Waals surface area contributed by atoms with Crippen LogP contribution in [0.1, 0.15) is 23.0 Å². The normalized spacial score (nSPS) is 12.7. The molecule has 3 heteroatoms. The van der Waals surface area contributed by atoms with E-state index in [4.69, 9.17) is 4.42 Å². The first kappa shape index (κ1) is 10.9. The number of rotatable bonds is 3. The third-order valence-corrected chi connectivity index (χ3v) is 2.59. The van der Waals surface area contributed by atoms with E-state index in [0.717, 1.165) is 11.1 Å². The van der Waals surface area contributed by atoms with Gasteiger partial charge in [-0.25, -0.2) is 4.39 Å². The molecule has 1 atom stereocenters. The lowest BCUT2D eigenvalue weighted by atomic mass is 10.0. The van der Waals surface area contributed by atoms with E-state index in [-0.39, 0.29) is 5.82 Å². The number of halogens is 1. The Morgan fingerprint density at radius 1 is 1.38 bits per heavy atom. The maximum atomic E-state index is 12.9. The van der Waals surface area contributed by atoms with Crippen LogP contribution in [0.5, 0.6) is 0 Å². The maximum Gasteiger partial charge on any atom is 0.132 e. The summed E-state index contributed by atoms with van der Waals surface area (Å²) >= 11 is 0. The van der Waals surface area contributed by atoms with Crippen molar-refractivity contribution < 1.29 is 13.9 Å². The fourth-order valence-electron chi connectivity index (χ4n) is 1.68. The molecule has 1 aromatic heterocycles. The molecule has 1 N–H and O–H groups in total. The minimum Gasteiger partial charge on any atom is -0.467 e. The summed E-state index contributed by atoms with van der Waals surface area (Å²) in [7, 11) is 0. The molecule has 2 rings (SSSR count). The molecule has 0 bridgehead atoms. The molecule has 1 unspecified atom stereocenters. The number of hydrogen-bond donors (Lipinski definition) is 1. The van der Waals surface area contributed by atoms with E-state index >= 15 is 0 Å². The van der Waals surface area contributed by atoms with Gasteiger partial charge in [-0.05, 0) is 42.3 Å². The predicted molar refractivity (Wildman–Crippen MR) is 58.5 cm³/mol. The number of aliphatic hydroxyl groups is 1. The smallest absolute Gasteiger partial charge is 0.132 e. The van der Waals surface area contributed by atoms with Crippen LogP contribution in [0.15, 0.2) is 41.0 Å². The van der Waals surface area contributed by atoms with Crippen LogP contribution in [-0.4, -0.2) is 5.11 Å². The van der Waals surface area contributed by atoms with E-state index in [1.165, 1.54) is 18.4 Å². The van der Waals surface area contributed by atoms with Gasteiger partial charge in [-0.2, -0.15) is 0 Å². The van der Waals surface area contributed by atoms with Gasteiger partial charge in [0.15, 0.2) is 0 Å². The molecule has 0 aliphatic rings. The van der Waals surface area contributed by atoms with Crippen molar-refractivity contribution in [2.75, 3.05) is 0 Å². The van der Waals surface area contributed by atoms with Crippen LogP contribution in [0.2, 0.25) is 0 Å². The number of hydrogen-bond acceptors (Lipinski definition) is 2. The van der Waals surface area contributed by atoms with Crippen molar-refractivity contribution in [2.45, 2.75) is 19.4 Å². The summed E-state index contributed by atoms with van der Waals surface area (Å²) in [4.78, 5) is 0. The van der Waals surface area contributed by atoms with Crippen molar-refractivity contribution in [1.29, 1.82) is 0 Å². The monoisotopic (exact) mass is 220 g/mol. The maximum absolute atomic E-state index is 12.9. The fraction of sp³-hybridized carbons (Fsp3) is 0.231. The molecular formula is C13H13FO2. The second-order valence-electron chi connectivity index (χ2n) is 3.81. The highest BCUT2D eigenvalue weighted by Crippen LogP contribution is 2.21. The Labute approximate surface area is 93.3 Å². The molecule has 16 heavy (non-hydrogen) atoms. The molecule has 0 aliphatic carbocycles. The Hall–Kier alpha value is -1.61. The van der Waals surface area contributed by atoms with Gasteiger partial charge < -0.3 is 9.52 Å². The zero-order valence-corrected chi connectivity index (χ0v) is 8.98. The van der Waals surface area contributed by atoms with Gasteiger partial charge in [0.2, 0.25) is 0 Å². The molecule has 84 valence electrons. The Bertz CT molecular complexity index is 463. The molecule has 0 fully saturated rings. The zero-order valence-electron chi connectivity index (χ0n) is 8.98. The van der Waals surface area contributed by atoms with Gasteiger partial charge >= 0.3 is 0 Å². The van der Waals surface area contributed by atoms with Crippen LogP contribution in [-0.2, 0) is 6.42 Å². The van der Waals surface area contributed by atoms with Gasteiger partial charge in [0.1, 0.15) is 17.7 Å². The summed E-state index contributed by atoms with van der Waals surface area (Å²) in [5, 5.41) is 9.87. The minimum atomic E-state index is -0.681. The van der Waals surface area contributed by atoms with Crippen LogP contribution in [0.25, 0.3) is 0 Å². The van der Waals surface area contributed by atoms with Gasteiger partial charge in [0, 0.05) is 6.42 Å². The second kappa shape index (κ2) is 4.49. The highest BCUT2D eigenvalue weighted by Gasteiger charge is 2.12. The molecule has 0 saturated heterocycles. The molecule has 0 aliphatic heterocycles. The van der Waals surface area contributed by atoms with Crippen LogP contribution in [0, 0.1) is 12.7 Å². The lowest BCUT2D eigenvalue weighted by molar-refractivity contribution is 0.150. The van der Waals surface area contributed by atoms with E-state index < -0.39 is 6.10 Å².